The standard InChI is InChI=1S/C37H43N3O7S/c1-26-22-40(27(2)25-41)37(42)21-29-20-30(38-48(43,44)34-17-15-31(45-4)16-18-34)12-19-35(29)47-36(26)24-39(3)23-28-10-13-33(14-11-28)46-32-8-6-5-7-9-32/h5-20,26-27,36,38,41H,21-25H2,1-4H3/t26-,27-,36+/m1/s1. The molecule has 0 saturated carbocycles. The molecule has 0 fully saturated rings. The molecule has 3 atom stereocenters. The van der Waals surface area contributed by atoms with Crippen LogP contribution in [-0.2, 0) is 27.8 Å². The van der Waals surface area contributed by atoms with E-state index in [0.717, 1.165) is 17.1 Å². The van der Waals surface area contributed by atoms with Crippen molar-refractivity contribution in [2.24, 2.45) is 5.92 Å². The molecule has 4 aromatic rings. The van der Waals surface area contributed by atoms with Crippen LogP contribution in [0.25, 0.3) is 0 Å². The van der Waals surface area contributed by atoms with Gasteiger partial charge in [-0.15, -0.1) is 0 Å². The van der Waals surface area contributed by atoms with Gasteiger partial charge in [0.15, 0.2) is 0 Å². The molecular formula is C37H43N3O7S. The van der Waals surface area contributed by atoms with E-state index >= 15 is 0 Å². The number of hydrogen-bond donors (Lipinski definition) is 2. The first kappa shape index (κ1) is 34.7. The Morgan fingerprint density at radius 1 is 0.979 bits per heavy atom. The number of para-hydroxylation sites is 1. The third kappa shape index (κ3) is 8.85. The topological polar surface area (TPSA) is 118 Å². The van der Waals surface area contributed by atoms with Gasteiger partial charge in [-0.25, -0.2) is 8.42 Å². The number of rotatable bonds is 12. The predicted molar refractivity (Wildman–Crippen MR) is 185 cm³/mol. The Bertz CT molecular complexity index is 1770. The lowest BCUT2D eigenvalue weighted by atomic mass is 10.0. The molecule has 48 heavy (non-hydrogen) atoms. The highest BCUT2D eigenvalue weighted by atomic mass is 32.2. The quantitative estimate of drug-likeness (QED) is 0.201. The summed E-state index contributed by atoms with van der Waals surface area (Å²) < 4.78 is 46.7. The molecule has 0 spiro atoms. The van der Waals surface area contributed by atoms with Gasteiger partial charge in [-0.3, -0.25) is 14.4 Å². The third-order valence-corrected chi connectivity index (χ3v) is 9.78. The number of carbonyl (C=O) groups excluding carboxylic acids is 1. The SMILES string of the molecule is COc1ccc(S(=O)(=O)Nc2ccc3c(c2)CC(=O)N([C@H](C)CO)C[C@@H](C)[C@H](CN(C)Cc2ccc(Oc4ccccc4)cc2)O3)cc1. The number of likely N-dealkylation sites (N-methyl/N-ethyl adjacent to an activating group) is 1. The van der Waals surface area contributed by atoms with Crippen molar-refractivity contribution < 1.29 is 32.5 Å². The Hall–Kier alpha value is -4.58. The van der Waals surface area contributed by atoms with Crippen molar-refractivity contribution in [1.29, 1.82) is 0 Å². The molecule has 0 unspecified atom stereocenters. The van der Waals surface area contributed by atoms with Gasteiger partial charge in [0.05, 0.1) is 31.1 Å². The molecule has 10 nitrogen and oxygen atoms in total. The molecule has 0 bridgehead atoms. The molecule has 1 amide bonds. The maximum absolute atomic E-state index is 13.6. The number of aliphatic hydroxyl groups excluding tert-OH is 1. The predicted octanol–water partition coefficient (Wildman–Crippen LogP) is 5.57. The summed E-state index contributed by atoms with van der Waals surface area (Å²) in [6.07, 6.45) is -0.319. The van der Waals surface area contributed by atoms with Crippen molar-refractivity contribution in [1.82, 2.24) is 9.80 Å². The summed E-state index contributed by atoms with van der Waals surface area (Å²) in [5.41, 5.74) is 1.97. The Morgan fingerprint density at radius 2 is 1.65 bits per heavy atom. The minimum absolute atomic E-state index is 0.00947. The van der Waals surface area contributed by atoms with Gasteiger partial charge in [0.25, 0.3) is 10.0 Å². The monoisotopic (exact) mass is 673 g/mol. The zero-order valence-corrected chi connectivity index (χ0v) is 28.5. The number of hydrogen-bond acceptors (Lipinski definition) is 8. The highest BCUT2D eigenvalue weighted by molar-refractivity contribution is 7.92. The van der Waals surface area contributed by atoms with Crippen LogP contribution in [0.1, 0.15) is 25.0 Å². The maximum Gasteiger partial charge on any atom is 0.261 e. The van der Waals surface area contributed by atoms with Gasteiger partial charge >= 0.3 is 0 Å². The van der Waals surface area contributed by atoms with Gasteiger partial charge in [-0.1, -0.05) is 37.3 Å². The first-order valence-electron chi connectivity index (χ1n) is 15.9. The van der Waals surface area contributed by atoms with Gasteiger partial charge in [0, 0.05) is 36.8 Å². The molecule has 11 heteroatoms. The maximum atomic E-state index is 13.6. The summed E-state index contributed by atoms with van der Waals surface area (Å²) in [6.45, 7) is 5.30. The molecule has 254 valence electrons. The van der Waals surface area contributed by atoms with Crippen molar-refractivity contribution in [3.05, 3.63) is 108 Å². The Kier molecular flexibility index (Phi) is 11.3. The number of carbonyl (C=O) groups is 1. The number of anilines is 1. The molecule has 0 saturated heterocycles. The molecule has 1 aliphatic rings. The second kappa shape index (κ2) is 15.5. The van der Waals surface area contributed by atoms with E-state index in [9.17, 15) is 18.3 Å². The molecule has 2 N–H and O–H groups in total. The van der Waals surface area contributed by atoms with Crippen LogP contribution < -0.4 is 18.9 Å². The average molecular weight is 674 g/mol. The zero-order valence-electron chi connectivity index (χ0n) is 27.7. The number of amides is 1. The number of nitrogens with one attached hydrogen (secondary N) is 1. The summed E-state index contributed by atoms with van der Waals surface area (Å²) in [6, 6.07) is 28.3. The number of fused-ring (bicyclic) bond motifs is 1. The van der Waals surface area contributed by atoms with Crippen LogP contribution in [0.15, 0.2) is 102 Å². The van der Waals surface area contributed by atoms with Crippen LogP contribution in [-0.4, -0.2) is 75.2 Å². The summed E-state index contributed by atoms with van der Waals surface area (Å²) >= 11 is 0. The van der Waals surface area contributed by atoms with E-state index in [2.05, 4.69) is 9.62 Å². The Labute approximate surface area is 282 Å². The highest BCUT2D eigenvalue weighted by Gasteiger charge is 2.31. The second-order valence-electron chi connectivity index (χ2n) is 12.2. The van der Waals surface area contributed by atoms with E-state index in [4.69, 9.17) is 14.2 Å². The Balaban J connectivity index is 1.34. The van der Waals surface area contributed by atoms with Crippen LogP contribution in [0.5, 0.6) is 23.0 Å². The number of methoxy groups -OCH3 is 1. The van der Waals surface area contributed by atoms with Crippen LogP contribution in [0.3, 0.4) is 0 Å². The fourth-order valence-electron chi connectivity index (χ4n) is 5.65. The van der Waals surface area contributed by atoms with Crippen molar-refractivity contribution in [3.63, 3.8) is 0 Å². The lowest BCUT2D eigenvalue weighted by Gasteiger charge is -2.34. The molecule has 0 aliphatic carbocycles. The van der Waals surface area contributed by atoms with Crippen LogP contribution in [0, 0.1) is 5.92 Å². The molecule has 1 aliphatic heterocycles. The molecule has 5 rings (SSSR count). The van der Waals surface area contributed by atoms with Gasteiger partial charge in [-0.05, 0) is 86.3 Å². The van der Waals surface area contributed by atoms with Crippen molar-refractivity contribution >= 4 is 21.6 Å². The first-order chi connectivity index (χ1) is 23.0. The van der Waals surface area contributed by atoms with Gasteiger partial charge in [0.2, 0.25) is 5.91 Å². The van der Waals surface area contributed by atoms with E-state index in [0.29, 0.717) is 42.4 Å². The van der Waals surface area contributed by atoms with Gasteiger partial charge in [0.1, 0.15) is 29.1 Å². The molecule has 4 aromatic carbocycles. The van der Waals surface area contributed by atoms with Crippen LogP contribution in [0.2, 0.25) is 0 Å². The van der Waals surface area contributed by atoms with Crippen molar-refractivity contribution in [2.45, 2.75) is 43.9 Å². The summed E-state index contributed by atoms with van der Waals surface area (Å²) in [5.74, 6) is 2.34. The summed E-state index contributed by atoms with van der Waals surface area (Å²) in [7, 11) is -0.369. The van der Waals surface area contributed by atoms with Crippen LogP contribution >= 0.6 is 0 Å². The van der Waals surface area contributed by atoms with E-state index in [-0.39, 0.29) is 35.9 Å². The summed E-state index contributed by atoms with van der Waals surface area (Å²) in [4.78, 5) is 17.6. The van der Waals surface area contributed by atoms with Crippen molar-refractivity contribution in [2.75, 3.05) is 38.6 Å². The number of sulfonamides is 1. The fourth-order valence-corrected chi connectivity index (χ4v) is 6.70. The minimum Gasteiger partial charge on any atom is -0.497 e. The average Bonchev–Trinajstić information content (AvgIpc) is 3.12. The molecule has 1 heterocycles. The van der Waals surface area contributed by atoms with Gasteiger partial charge < -0.3 is 24.2 Å². The van der Waals surface area contributed by atoms with E-state index in [1.165, 1.54) is 19.2 Å². The third-order valence-electron chi connectivity index (χ3n) is 8.38. The number of benzene rings is 4. The molecule has 0 radical (unpaired) electrons. The number of nitrogens with zero attached hydrogens (tertiary/aromatic N) is 2. The lowest BCUT2D eigenvalue weighted by Crippen LogP contribution is -2.47. The van der Waals surface area contributed by atoms with E-state index < -0.39 is 16.1 Å². The zero-order chi connectivity index (χ0) is 34.3. The highest BCUT2D eigenvalue weighted by Crippen LogP contribution is 2.31. The first-order valence-corrected chi connectivity index (χ1v) is 17.4. The second-order valence-corrected chi connectivity index (χ2v) is 13.9. The fraction of sp³-hybridized carbons (Fsp3) is 0.324. The molecule has 0 aromatic heterocycles. The van der Waals surface area contributed by atoms with E-state index in [1.54, 1.807) is 35.2 Å². The van der Waals surface area contributed by atoms with Gasteiger partial charge in [-0.2, -0.15) is 0 Å². The summed E-state index contributed by atoms with van der Waals surface area (Å²) in [5, 5.41) is 9.98. The normalized spacial score (nSPS) is 17.4. The lowest BCUT2D eigenvalue weighted by molar-refractivity contribution is -0.134. The smallest absolute Gasteiger partial charge is 0.261 e. The van der Waals surface area contributed by atoms with Crippen LogP contribution in [0.4, 0.5) is 5.69 Å². The molecular weight excluding hydrogens is 630 g/mol. The number of ether oxygens (including phenoxy) is 3. The van der Waals surface area contributed by atoms with Crippen molar-refractivity contribution in [3.8, 4) is 23.0 Å². The largest absolute Gasteiger partial charge is 0.497 e. The minimum atomic E-state index is -3.90. The Morgan fingerprint density at radius 3 is 2.31 bits per heavy atom. The van der Waals surface area contributed by atoms with E-state index in [1.807, 2.05) is 75.5 Å². The number of aliphatic hydroxyl groups is 1.